The Labute approximate surface area is 190 Å². The zero-order chi connectivity index (χ0) is 22.7. The van der Waals surface area contributed by atoms with Gasteiger partial charge in [0.25, 0.3) is 5.91 Å². The molecule has 1 rings (SSSR count). The van der Waals surface area contributed by atoms with E-state index in [1.807, 2.05) is 0 Å². The smallest absolute Gasteiger partial charge is 0.251 e. The predicted octanol–water partition coefficient (Wildman–Crippen LogP) is 6.92. The average Bonchev–Trinajstić information content (AvgIpc) is 2.80. The number of hydrogen-bond acceptors (Lipinski definition) is 4. The van der Waals surface area contributed by atoms with Gasteiger partial charge in [0.1, 0.15) is 0 Å². The summed E-state index contributed by atoms with van der Waals surface area (Å²) in [6.07, 6.45) is 18.6. The van der Waals surface area contributed by atoms with Crippen LogP contribution in [0.5, 0.6) is 17.2 Å². The first-order chi connectivity index (χ1) is 15.2. The van der Waals surface area contributed by atoms with Crippen molar-refractivity contribution in [2.45, 2.75) is 96.8 Å². The summed E-state index contributed by atoms with van der Waals surface area (Å²) in [6.45, 7) is 2.96. The molecule has 0 aliphatic rings. The minimum atomic E-state index is -0.117. The molecule has 0 spiro atoms. The molecule has 0 heterocycles. The summed E-state index contributed by atoms with van der Waals surface area (Å²) in [6, 6.07) is 3.36. The summed E-state index contributed by atoms with van der Waals surface area (Å²) >= 11 is 0. The van der Waals surface area contributed by atoms with Gasteiger partial charge in [0.05, 0.1) is 21.3 Å². The summed E-state index contributed by atoms with van der Waals surface area (Å²) in [5.74, 6) is 1.36. The highest BCUT2D eigenvalue weighted by Crippen LogP contribution is 2.38. The van der Waals surface area contributed by atoms with Crippen LogP contribution in [0.3, 0.4) is 0 Å². The number of amides is 1. The van der Waals surface area contributed by atoms with E-state index in [4.69, 9.17) is 14.2 Å². The number of rotatable bonds is 19. The molecule has 0 atom stereocenters. The molecule has 0 saturated carbocycles. The third-order valence-electron chi connectivity index (χ3n) is 5.74. The second kappa shape index (κ2) is 17.7. The highest BCUT2D eigenvalue weighted by atomic mass is 16.5. The van der Waals surface area contributed by atoms with Crippen molar-refractivity contribution in [2.24, 2.45) is 0 Å². The van der Waals surface area contributed by atoms with Gasteiger partial charge in [0, 0.05) is 12.1 Å². The molecule has 0 aliphatic heterocycles. The fourth-order valence-electron chi connectivity index (χ4n) is 3.84. The fourth-order valence-corrected chi connectivity index (χ4v) is 3.84. The van der Waals surface area contributed by atoms with Crippen LogP contribution in [0.15, 0.2) is 12.1 Å². The first-order valence-electron chi connectivity index (χ1n) is 12.3. The lowest BCUT2D eigenvalue weighted by molar-refractivity contribution is 0.0952. The van der Waals surface area contributed by atoms with Crippen molar-refractivity contribution in [3.63, 3.8) is 0 Å². The first-order valence-corrected chi connectivity index (χ1v) is 12.3. The van der Waals surface area contributed by atoms with Crippen molar-refractivity contribution in [1.29, 1.82) is 0 Å². The number of hydrogen-bond donors (Lipinski definition) is 1. The highest BCUT2D eigenvalue weighted by molar-refractivity contribution is 5.95. The standard InChI is InChI=1S/C26H45NO4/c1-5-6-7-8-9-10-11-12-13-14-15-16-17-18-19-27-26(28)22-20-23(29-2)25(31-4)24(21-22)30-3/h20-21H,5-19H2,1-4H3,(H,27,28). The van der Waals surface area contributed by atoms with Gasteiger partial charge in [-0.15, -0.1) is 0 Å². The lowest BCUT2D eigenvalue weighted by Crippen LogP contribution is -2.24. The molecule has 0 unspecified atom stereocenters. The largest absolute Gasteiger partial charge is 0.493 e. The minimum Gasteiger partial charge on any atom is -0.493 e. The average molecular weight is 436 g/mol. The maximum absolute atomic E-state index is 12.5. The summed E-state index contributed by atoms with van der Waals surface area (Å²) in [7, 11) is 4.65. The Morgan fingerprint density at radius 2 is 1.10 bits per heavy atom. The van der Waals surface area contributed by atoms with E-state index >= 15 is 0 Å². The second-order valence-corrected chi connectivity index (χ2v) is 8.27. The number of nitrogens with one attached hydrogen (secondary N) is 1. The van der Waals surface area contributed by atoms with Crippen molar-refractivity contribution < 1.29 is 19.0 Å². The Morgan fingerprint density at radius 3 is 1.48 bits per heavy atom. The molecule has 5 heteroatoms. The van der Waals surface area contributed by atoms with Gasteiger partial charge in [-0.25, -0.2) is 0 Å². The van der Waals surface area contributed by atoms with E-state index in [-0.39, 0.29) is 5.91 Å². The van der Waals surface area contributed by atoms with Crippen LogP contribution in [-0.4, -0.2) is 33.8 Å². The van der Waals surface area contributed by atoms with Crippen molar-refractivity contribution in [3.8, 4) is 17.2 Å². The molecule has 1 amide bonds. The van der Waals surface area contributed by atoms with Gasteiger partial charge in [-0.1, -0.05) is 90.4 Å². The number of carbonyl (C=O) groups excluding carboxylic acids is 1. The predicted molar refractivity (Wildman–Crippen MR) is 129 cm³/mol. The molecule has 178 valence electrons. The molecule has 0 saturated heterocycles. The number of unbranched alkanes of at least 4 members (excludes halogenated alkanes) is 13. The van der Waals surface area contributed by atoms with E-state index in [2.05, 4.69) is 12.2 Å². The first kappa shape index (κ1) is 27.1. The third kappa shape index (κ3) is 11.3. The van der Waals surface area contributed by atoms with Crippen molar-refractivity contribution in [2.75, 3.05) is 27.9 Å². The SMILES string of the molecule is CCCCCCCCCCCCCCCCNC(=O)c1cc(OC)c(OC)c(OC)c1. The fraction of sp³-hybridized carbons (Fsp3) is 0.731. The molecule has 1 N–H and O–H groups in total. The van der Waals surface area contributed by atoms with Crippen molar-refractivity contribution in [3.05, 3.63) is 17.7 Å². The molecular formula is C26H45NO4. The van der Waals surface area contributed by atoms with Gasteiger partial charge in [0.15, 0.2) is 11.5 Å². The highest BCUT2D eigenvalue weighted by Gasteiger charge is 2.16. The summed E-state index contributed by atoms with van der Waals surface area (Å²) in [4.78, 5) is 12.5. The molecule has 31 heavy (non-hydrogen) atoms. The molecule has 0 aliphatic carbocycles. The lowest BCUT2D eigenvalue weighted by atomic mass is 10.0. The van der Waals surface area contributed by atoms with Crippen LogP contribution in [-0.2, 0) is 0 Å². The molecule has 0 aromatic heterocycles. The van der Waals surface area contributed by atoms with Crippen LogP contribution in [0.25, 0.3) is 0 Å². The van der Waals surface area contributed by atoms with Crippen LogP contribution < -0.4 is 19.5 Å². The van der Waals surface area contributed by atoms with Crippen LogP contribution >= 0.6 is 0 Å². The zero-order valence-corrected chi connectivity index (χ0v) is 20.4. The molecule has 1 aromatic rings. The monoisotopic (exact) mass is 435 g/mol. The maximum atomic E-state index is 12.5. The Balaban J connectivity index is 2.09. The van der Waals surface area contributed by atoms with E-state index in [1.54, 1.807) is 33.5 Å². The number of methoxy groups -OCH3 is 3. The Morgan fingerprint density at radius 1 is 0.677 bits per heavy atom. The quantitative estimate of drug-likeness (QED) is 0.240. The Kier molecular flexibility index (Phi) is 15.5. The zero-order valence-electron chi connectivity index (χ0n) is 20.4. The van der Waals surface area contributed by atoms with Gasteiger partial charge >= 0.3 is 0 Å². The maximum Gasteiger partial charge on any atom is 0.251 e. The number of carbonyl (C=O) groups is 1. The lowest BCUT2D eigenvalue weighted by Gasteiger charge is -2.14. The number of ether oxygens (including phenoxy) is 3. The van der Waals surface area contributed by atoms with Gasteiger partial charge in [0.2, 0.25) is 5.75 Å². The van der Waals surface area contributed by atoms with Crippen LogP contribution in [0.2, 0.25) is 0 Å². The van der Waals surface area contributed by atoms with E-state index in [9.17, 15) is 4.79 Å². The molecule has 5 nitrogen and oxygen atoms in total. The van der Waals surface area contributed by atoms with Crippen LogP contribution in [0.1, 0.15) is 107 Å². The van der Waals surface area contributed by atoms with E-state index < -0.39 is 0 Å². The minimum absolute atomic E-state index is 0.117. The van der Waals surface area contributed by atoms with Crippen LogP contribution in [0.4, 0.5) is 0 Å². The van der Waals surface area contributed by atoms with Gasteiger partial charge in [-0.2, -0.15) is 0 Å². The van der Waals surface area contributed by atoms with E-state index in [0.29, 0.717) is 29.4 Å². The van der Waals surface area contributed by atoms with E-state index in [1.165, 1.54) is 77.0 Å². The Bertz CT molecular complexity index is 578. The molecule has 0 radical (unpaired) electrons. The normalized spacial score (nSPS) is 10.7. The summed E-state index contributed by atoms with van der Waals surface area (Å²) in [5.41, 5.74) is 0.514. The molecular weight excluding hydrogens is 390 g/mol. The molecule has 0 bridgehead atoms. The van der Waals surface area contributed by atoms with Crippen molar-refractivity contribution in [1.82, 2.24) is 5.32 Å². The molecule has 0 fully saturated rings. The Hall–Kier alpha value is -1.91. The van der Waals surface area contributed by atoms with Gasteiger partial charge < -0.3 is 19.5 Å². The summed E-state index contributed by atoms with van der Waals surface area (Å²) in [5, 5.41) is 2.99. The molecule has 1 aromatic carbocycles. The van der Waals surface area contributed by atoms with E-state index in [0.717, 1.165) is 12.8 Å². The topological polar surface area (TPSA) is 56.8 Å². The van der Waals surface area contributed by atoms with Crippen molar-refractivity contribution >= 4 is 5.91 Å². The van der Waals surface area contributed by atoms with Gasteiger partial charge in [-0.05, 0) is 18.6 Å². The van der Waals surface area contributed by atoms with Crippen LogP contribution in [0, 0.1) is 0 Å². The summed E-state index contributed by atoms with van der Waals surface area (Å²) < 4.78 is 15.9. The number of benzene rings is 1. The van der Waals surface area contributed by atoms with Gasteiger partial charge in [-0.3, -0.25) is 4.79 Å². The second-order valence-electron chi connectivity index (χ2n) is 8.27. The third-order valence-corrected chi connectivity index (χ3v) is 5.74.